The summed E-state index contributed by atoms with van der Waals surface area (Å²) in [5.41, 5.74) is 3.19. The summed E-state index contributed by atoms with van der Waals surface area (Å²) >= 11 is 1.33. The van der Waals surface area contributed by atoms with E-state index in [-0.39, 0.29) is 18.1 Å². The molecule has 4 rings (SSSR count). The van der Waals surface area contributed by atoms with Gasteiger partial charge in [-0.15, -0.1) is 11.3 Å². The largest absolute Gasteiger partial charge is 0.453 e. The third kappa shape index (κ3) is 3.26. The van der Waals surface area contributed by atoms with E-state index in [2.05, 4.69) is 15.1 Å². The third-order valence-corrected chi connectivity index (χ3v) is 5.06. The van der Waals surface area contributed by atoms with Crippen LogP contribution in [0.5, 0.6) is 0 Å². The SMILES string of the molecule is Cc1[nH]c2ccccc2c1C(=O)COC(=O)c1csc(-c2cnn(C)c2)n1. The molecule has 136 valence electrons. The Hall–Kier alpha value is -3.26. The minimum absolute atomic E-state index is 0.183. The molecule has 4 aromatic rings. The van der Waals surface area contributed by atoms with Gasteiger partial charge in [0.2, 0.25) is 5.78 Å². The van der Waals surface area contributed by atoms with Gasteiger partial charge in [0.15, 0.2) is 12.3 Å². The Morgan fingerprint density at radius 1 is 1.30 bits per heavy atom. The minimum Gasteiger partial charge on any atom is -0.453 e. The quantitative estimate of drug-likeness (QED) is 0.423. The Balaban J connectivity index is 1.47. The van der Waals surface area contributed by atoms with Crippen LogP contribution < -0.4 is 0 Å². The lowest BCUT2D eigenvalue weighted by atomic mass is 10.1. The van der Waals surface area contributed by atoms with Gasteiger partial charge in [-0.1, -0.05) is 18.2 Å². The molecule has 0 atom stereocenters. The second-order valence-corrected chi connectivity index (χ2v) is 6.97. The molecule has 7 nitrogen and oxygen atoms in total. The predicted octanol–water partition coefficient (Wildman–Crippen LogP) is 3.37. The van der Waals surface area contributed by atoms with Crippen LogP contribution in [0.15, 0.2) is 42.0 Å². The number of esters is 1. The fourth-order valence-corrected chi connectivity index (χ4v) is 3.71. The van der Waals surface area contributed by atoms with Crippen molar-refractivity contribution in [1.82, 2.24) is 19.7 Å². The zero-order valence-electron chi connectivity index (χ0n) is 14.7. The van der Waals surface area contributed by atoms with Crippen LogP contribution in [-0.4, -0.2) is 38.1 Å². The van der Waals surface area contributed by atoms with Crippen molar-refractivity contribution >= 4 is 34.0 Å². The van der Waals surface area contributed by atoms with Gasteiger partial charge in [0.25, 0.3) is 0 Å². The molecule has 0 bridgehead atoms. The molecule has 0 saturated carbocycles. The van der Waals surface area contributed by atoms with Crippen LogP contribution in [-0.2, 0) is 11.8 Å². The van der Waals surface area contributed by atoms with Crippen LogP contribution in [0.25, 0.3) is 21.5 Å². The highest BCUT2D eigenvalue weighted by atomic mass is 32.1. The molecule has 0 saturated heterocycles. The molecule has 8 heteroatoms. The van der Waals surface area contributed by atoms with Crippen LogP contribution in [0.2, 0.25) is 0 Å². The molecule has 0 aliphatic heterocycles. The predicted molar refractivity (Wildman–Crippen MR) is 102 cm³/mol. The zero-order chi connectivity index (χ0) is 19.0. The van der Waals surface area contributed by atoms with Crippen molar-refractivity contribution in [2.45, 2.75) is 6.92 Å². The first-order valence-electron chi connectivity index (χ1n) is 8.25. The van der Waals surface area contributed by atoms with Gasteiger partial charge in [-0.05, 0) is 13.0 Å². The molecule has 0 unspecified atom stereocenters. The molecular formula is C19H16N4O3S. The Bertz CT molecular complexity index is 1150. The summed E-state index contributed by atoms with van der Waals surface area (Å²) in [5.74, 6) is -0.867. The number of benzene rings is 1. The van der Waals surface area contributed by atoms with Crippen molar-refractivity contribution in [3.63, 3.8) is 0 Å². The number of aryl methyl sites for hydroxylation is 2. The van der Waals surface area contributed by atoms with Crippen molar-refractivity contribution in [3.8, 4) is 10.6 Å². The van der Waals surface area contributed by atoms with Gasteiger partial charge in [-0.2, -0.15) is 5.10 Å². The molecule has 3 aromatic heterocycles. The number of H-pyrrole nitrogens is 1. The van der Waals surface area contributed by atoms with Gasteiger partial charge >= 0.3 is 5.97 Å². The van der Waals surface area contributed by atoms with Crippen LogP contribution >= 0.6 is 11.3 Å². The Morgan fingerprint density at radius 3 is 2.89 bits per heavy atom. The lowest BCUT2D eigenvalue weighted by molar-refractivity contribution is 0.0470. The number of carbonyl (C=O) groups excluding carboxylic acids is 2. The number of para-hydroxylation sites is 1. The average molecular weight is 380 g/mol. The number of ether oxygens (including phenoxy) is 1. The number of aromatic amines is 1. The van der Waals surface area contributed by atoms with Crippen molar-refractivity contribution in [2.24, 2.45) is 7.05 Å². The lowest BCUT2D eigenvalue weighted by Gasteiger charge is -2.03. The van der Waals surface area contributed by atoms with E-state index in [1.54, 1.807) is 16.3 Å². The standard InChI is InChI=1S/C19H16N4O3S/c1-11-17(13-5-3-4-6-14(13)21-11)16(24)9-26-19(25)15-10-27-18(22-15)12-7-20-23(2)8-12/h3-8,10,21H,9H2,1-2H3. The smallest absolute Gasteiger partial charge is 0.358 e. The monoisotopic (exact) mass is 380 g/mol. The van der Waals surface area contributed by atoms with Gasteiger partial charge in [0, 0.05) is 46.3 Å². The van der Waals surface area contributed by atoms with Crippen LogP contribution in [0.4, 0.5) is 0 Å². The summed E-state index contributed by atoms with van der Waals surface area (Å²) in [6.45, 7) is 1.50. The number of nitrogens with one attached hydrogen (secondary N) is 1. The van der Waals surface area contributed by atoms with E-state index in [1.807, 2.05) is 44.4 Å². The van der Waals surface area contributed by atoms with Gasteiger partial charge in [0.1, 0.15) is 5.01 Å². The summed E-state index contributed by atoms with van der Waals surface area (Å²) < 4.78 is 6.86. The number of nitrogens with zero attached hydrogens (tertiary/aromatic N) is 3. The number of Topliss-reactive ketones (excluding diaryl/α,β-unsaturated/α-hetero) is 1. The minimum atomic E-state index is -0.618. The molecule has 0 aliphatic carbocycles. The second kappa shape index (κ2) is 6.81. The number of rotatable bonds is 5. The molecule has 27 heavy (non-hydrogen) atoms. The molecule has 0 aliphatic rings. The first-order chi connectivity index (χ1) is 13.0. The highest BCUT2D eigenvalue weighted by molar-refractivity contribution is 7.13. The molecule has 1 N–H and O–H groups in total. The fourth-order valence-electron chi connectivity index (χ4n) is 2.94. The summed E-state index contributed by atoms with van der Waals surface area (Å²) in [7, 11) is 1.81. The zero-order valence-corrected chi connectivity index (χ0v) is 15.5. The Labute approximate surface area is 158 Å². The summed E-state index contributed by atoms with van der Waals surface area (Å²) in [5, 5.41) is 7.20. The molecule has 0 fully saturated rings. The molecular weight excluding hydrogens is 364 g/mol. The first kappa shape index (κ1) is 17.2. The van der Waals surface area contributed by atoms with E-state index in [0.29, 0.717) is 10.6 Å². The van der Waals surface area contributed by atoms with Gasteiger partial charge in [-0.3, -0.25) is 9.48 Å². The number of carbonyl (C=O) groups is 2. The van der Waals surface area contributed by atoms with E-state index in [0.717, 1.165) is 22.2 Å². The summed E-state index contributed by atoms with van der Waals surface area (Å²) in [6.07, 6.45) is 3.49. The third-order valence-electron chi connectivity index (χ3n) is 4.17. The topological polar surface area (TPSA) is 89.9 Å². The first-order valence-corrected chi connectivity index (χ1v) is 9.13. The van der Waals surface area contributed by atoms with E-state index >= 15 is 0 Å². The van der Waals surface area contributed by atoms with Crippen molar-refractivity contribution < 1.29 is 14.3 Å². The van der Waals surface area contributed by atoms with Crippen molar-refractivity contribution in [1.29, 1.82) is 0 Å². The van der Waals surface area contributed by atoms with E-state index in [9.17, 15) is 9.59 Å². The van der Waals surface area contributed by atoms with Crippen LogP contribution in [0.3, 0.4) is 0 Å². The van der Waals surface area contributed by atoms with Crippen molar-refractivity contribution in [3.05, 3.63) is 59.0 Å². The average Bonchev–Trinajstić information content (AvgIpc) is 3.36. The van der Waals surface area contributed by atoms with E-state index in [4.69, 9.17) is 4.74 Å². The number of hydrogen-bond acceptors (Lipinski definition) is 6. The molecule has 0 radical (unpaired) electrons. The summed E-state index contributed by atoms with van der Waals surface area (Å²) in [6, 6.07) is 7.54. The number of hydrogen-bond donors (Lipinski definition) is 1. The van der Waals surface area contributed by atoms with Crippen LogP contribution in [0.1, 0.15) is 26.5 Å². The summed E-state index contributed by atoms with van der Waals surface area (Å²) in [4.78, 5) is 32.3. The maximum absolute atomic E-state index is 12.6. The molecule has 3 heterocycles. The highest BCUT2D eigenvalue weighted by Crippen LogP contribution is 2.24. The van der Waals surface area contributed by atoms with Gasteiger partial charge < -0.3 is 9.72 Å². The highest BCUT2D eigenvalue weighted by Gasteiger charge is 2.19. The number of ketones is 1. The van der Waals surface area contributed by atoms with Crippen molar-refractivity contribution in [2.75, 3.05) is 6.61 Å². The maximum Gasteiger partial charge on any atom is 0.358 e. The van der Waals surface area contributed by atoms with Gasteiger partial charge in [-0.25, -0.2) is 9.78 Å². The second-order valence-electron chi connectivity index (χ2n) is 6.11. The number of fused-ring (bicyclic) bond motifs is 1. The number of aromatic nitrogens is 4. The molecule has 1 aromatic carbocycles. The number of thiazole rings is 1. The Kier molecular flexibility index (Phi) is 4.33. The lowest BCUT2D eigenvalue weighted by Crippen LogP contribution is -2.15. The molecule has 0 spiro atoms. The van der Waals surface area contributed by atoms with E-state index < -0.39 is 5.97 Å². The van der Waals surface area contributed by atoms with E-state index in [1.165, 1.54) is 11.3 Å². The van der Waals surface area contributed by atoms with Crippen LogP contribution in [0, 0.1) is 6.92 Å². The Morgan fingerprint density at radius 2 is 2.11 bits per heavy atom. The van der Waals surface area contributed by atoms with Gasteiger partial charge in [0.05, 0.1) is 6.20 Å². The fraction of sp³-hybridized carbons (Fsp3) is 0.158. The maximum atomic E-state index is 12.6. The normalized spacial score (nSPS) is 11.0. The molecule has 0 amide bonds.